The topological polar surface area (TPSA) is 0 Å². The molecule has 0 aromatic heterocycles. The zero-order valence-electron chi connectivity index (χ0n) is 6.99. The molecule has 0 spiro atoms. The van der Waals surface area contributed by atoms with Gasteiger partial charge in [0.15, 0.2) is 0 Å². The van der Waals surface area contributed by atoms with Crippen LogP contribution in [-0.4, -0.2) is 5.25 Å². The van der Waals surface area contributed by atoms with E-state index in [-0.39, 0.29) is 0 Å². The normalized spacial score (nSPS) is 18.3. The van der Waals surface area contributed by atoms with E-state index in [1.165, 1.54) is 24.2 Å². The zero-order chi connectivity index (χ0) is 8.23. The van der Waals surface area contributed by atoms with Crippen LogP contribution in [0.25, 0.3) is 0 Å². The monoisotopic (exact) mass is 176 g/mol. The van der Waals surface area contributed by atoms with Crippen LogP contribution in [0.15, 0.2) is 35.2 Å². The molecule has 0 bridgehead atoms. The van der Waals surface area contributed by atoms with Crippen molar-refractivity contribution in [1.82, 2.24) is 0 Å². The van der Waals surface area contributed by atoms with E-state index in [2.05, 4.69) is 36.8 Å². The fraction of sp³-hybridized carbons (Fsp3) is 0.364. The van der Waals surface area contributed by atoms with Crippen LogP contribution in [0.3, 0.4) is 0 Å². The molecule has 0 N–H and O–H groups in total. The molecule has 1 unspecified atom stereocenters. The third-order valence-electron chi connectivity index (χ3n) is 2.04. The van der Waals surface area contributed by atoms with Crippen LogP contribution in [0.5, 0.6) is 0 Å². The fourth-order valence-corrected chi connectivity index (χ4v) is 2.54. The summed E-state index contributed by atoms with van der Waals surface area (Å²) >= 11 is 1.94. The smallest absolute Gasteiger partial charge is 0.0163 e. The van der Waals surface area contributed by atoms with Crippen molar-refractivity contribution in [2.45, 2.75) is 29.4 Å². The van der Waals surface area contributed by atoms with Gasteiger partial charge in [0.1, 0.15) is 0 Å². The molecular weight excluding hydrogens is 164 g/mol. The van der Waals surface area contributed by atoms with Gasteiger partial charge in [-0.2, -0.15) is 0 Å². The Balaban J connectivity index is 1.94. The Labute approximate surface area is 78.4 Å². The summed E-state index contributed by atoms with van der Waals surface area (Å²) in [5.74, 6) is 0. The van der Waals surface area contributed by atoms with Gasteiger partial charge in [-0.15, -0.1) is 11.8 Å². The standard InChI is InChI=1S/C11H12S/c1-2-6-10(7-3-1)12-11-8-4-5-9-11/h1-3,6-7,11H,4-5,8H2. The number of thioether (sulfide) groups is 1. The third kappa shape index (κ3) is 2.04. The molecule has 0 nitrogen and oxygen atoms in total. The number of rotatable bonds is 2. The molecule has 1 aliphatic rings. The molecule has 1 fully saturated rings. The summed E-state index contributed by atoms with van der Waals surface area (Å²) in [5, 5.41) is 0.646. The molecule has 12 heavy (non-hydrogen) atoms. The van der Waals surface area contributed by atoms with Crippen LogP contribution in [0.1, 0.15) is 19.3 Å². The minimum Gasteiger partial charge on any atom is -0.122 e. The summed E-state index contributed by atoms with van der Waals surface area (Å²) < 4.78 is 0. The van der Waals surface area contributed by atoms with Crippen LogP contribution in [0.2, 0.25) is 0 Å². The van der Waals surface area contributed by atoms with Gasteiger partial charge in [0.25, 0.3) is 0 Å². The van der Waals surface area contributed by atoms with Gasteiger partial charge in [-0.05, 0) is 31.4 Å². The highest BCUT2D eigenvalue weighted by molar-refractivity contribution is 8.00. The van der Waals surface area contributed by atoms with E-state index >= 15 is 0 Å². The van der Waals surface area contributed by atoms with E-state index < -0.39 is 0 Å². The maximum Gasteiger partial charge on any atom is 0.0163 e. The molecule has 62 valence electrons. The first kappa shape index (κ1) is 8.18. The van der Waals surface area contributed by atoms with Crippen LogP contribution < -0.4 is 0 Å². The Hall–Kier alpha value is -0.430. The Morgan fingerprint density at radius 2 is 2.08 bits per heavy atom. The first-order chi connectivity index (χ1) is 5.95. The van der Waals surface area contributed by atoms with E-state index in [1.807, 2.05) is 11.8 Å². The van der Waals surface area contributed by atoms with Gasteiger partial charge in [-0.3, -0.25) is 0 Å². The van der Waals surface area contributed by atoms with Crippen LogP contribution in [0, 0.1) is 6.42 Å². The van der Waals surface area contributed by atoms with E-state index in [0.717, 1.165) is 0 Å². The first-order valence-corrected chi connectivity index (χ1v) is 5.28. The average molecular weight is 176 g/mol. The molecule has 2 radical (unpaired) electrons. The molecule has 0 saturated heterocycles. The molecule has 0 heterocycles. The number of hydrogen-bond donors (Lipinski definition) is 0. The van der Waals surface area contributed by atoms with E-state index in [4.69, 9.17) is 0 Å². The van der Waals surface area contributed by atoms with Crippen molar-refractivity contribution < 1.29 is 0 Å². The van der Waals surface area contributed by atoms with Crippen LogP contribution in [-0.2, 0) is 0 Å². The van der Waals surface area contributed by atoms with Crippen molar-refractivity contribution in [3.63, 3.8) is 0 Å². The third-order valence-corrected chi connectivity index (χ3v) is 3.27. The molecule has 1 heteroatoms. The minimum atomic E-state index is 0.646. The second kappa shape index (κ2) is 3.99. The van der Waals surface area contributed by atoms with Crippen LogP contribution >= 0.6 is 11.8 Å². The molecule has 1 aliphatic carbocycles. The van der Waals surface area contributed by atoms with E-state index in [0.29, 0.717) is 5.25 Å². The summed E-state index contributed by atoms with van der Waals surface area (Å²) in [6.45, 7) is 0. The predicted octanol–water partition coefficient (Wildman–Crippen LogP) is 3.41. The second-order valence-corrected chi connectivity index (χ2v) is 4.29. The summed E-state index contributed by atoms with van der Waals surface area (Å²) in [6.07, 6.45) is 7.28. The van der Waals surface area contributed by atoms with Crippen molar-refractivity contribution >= 4 is 11.8 Å². The van der Waals surface area contributed by atoms with Crippen molar-refractivity contribution in [2.75, 3.05) is 0 Å². The predicted molar refractivity (Wildman–Crippen MR) is 53.2 cm³/mol. The Bertz CT molecular complexity index is 224. The van der Waals surface area contributed by atoms with Gasteiger partial charge < -0.3 is 0 Å². The molecule has 1 aromatic carbocycles. The van der Waals surface area contributed by atoms with Gasteiger partial charge in [-0.1, -0.05) is 24.6 Å². The number of hydrogen-bond acceptors (Lipinski definition) is 1. The highest BCUT2D eigenvalue weighted by Crippen LogP contribution is 2.33. The summed E-state index contributed by atoms with van der Waals surface area (Å²) in [6, 6.07) is 10.6. The maximum atomic E-state index is 3.47. The largest absolute Gasteiger partial charge is 0.122 e. The number of benzene rings is 1. The Morgan fingerprint density at radius 3 is 2.75 bits per heavy atom. The average Bonchev–Trinajstić information content (AvgIpc) is 2.59. The van der Waals surface area contributed by atoms with Crippen molar-refractivity contribution in [3.8, 4) is 0 Å². The maximum absolute atomic E-state index is 3.47. The van der Waals surface area contributed by atoms with Crippen molar-refractivity contribution in [3.05, 3.63) is 36.8 Å². The van der Waals surface area contributed by atoms with Crippen molar-refractivity contribution in [2.24, 2.45) is 0 Å². The van der Waals surface area contributed by atoms with Gasteiger partial charge in [-0.25, -0.2) is 0 Å². The molecule has 1 aromatic rings. The molecule has 0 amide bonds. The molecule has 0 aliphatic heterocycles. The minimum absolute atomic E-state index is 0.646. The van der Waals surface area contributed by atoms with Gasteiger partial charge in [0.05, 0.1) is 0 Å². The SMILES string of the molecule is [C]1CCCC1Sc1ccccc1. The molecule has 1 atom stereocenters. The van der Waals surface area contributed by atoms with E-state index in [1.54, 1.807) is 0 Å². The first-order valence-electron chi connectivity index (χ1n) is 4.40. The lowest BCUT2D eigenvalue weighted by Crippen LogP contribution is -1.93. The lowest BCUT2D eigenvalue weighted by molar-refractivity contribution is 0.893. The summed E-state index contributed by atoms with van der Waals surface area (Å²) in [5.41, 5.74) is 0. The van der Waals surface area contributed by atoms with Gasteiger partial charge >= 0.3 is 0 Å². The van der Waals surface area contributed by atoms with Gasteiger partial charge in [0.2, 0.25) is 0 Å². The van der Waals surface area contributed by atoms with Crippen molar-refractivity contribution in [1.29, 1.82) is 0 Å². The molecule has 2 rings (SSSR count). The van der Waals surface area contributed by atoms with Gasteiger partial charge in [0, 0.05) is 10.1 Å². The fourth-order valence-electron chi connectivity index (χ4n) is 1.42. The highest BCUT2D eigenvalue weighted by Gasteiger charge is 2.16. The highest BCUT2D eigenvalue weighted by atomic mass is 32.2. The lowest BCUT2D eigenvalue weighted by Gasteiger charge is -2.06. The Kier molecular flexibility index (Phi) is 2.72. The summed E-state index contributed by atoms with van der Waals surface area (Å²) in [7, 11) is 0. The van der Waals surface area contributed by atoms with Crippen LogP contribution in [0.4, 0.5) is 0 Å². The quantitative estimate of drug-likeness (QED) is 0.665. The molecular formula is C11H12S. The second-order valence-electron chi connectivity index (χ2n) is 3.02. The molecule has 1 saturated carbocycles. The van der Waals surface area contributed by atoms with E-state index in [9.17, 15) is 0 Å². The summed E-state index contributed by atoms with van der Waals surface area (Å²) in [4.78, 5) is 1.37. The zero-order valence-corrected chi connectivity index (χ0v) is 7.81. The lowest BCUT2D eigenvalue weighted by atomic mass is 10.4. The Morgan fingerprint density at radius 1 is 1.25 bits per heavy atom.